The van der Waals surface area contributed by atoms with Crippen molar-refractivity contribution in [2.75, 3.05) is 0 Å². The van der Waals surface area contributed by atoms with Crippen molar-refractivity contribution >= 4 is 8.41 Å². The van der Waals surface area contributed by atoms with Crippen molar-refractivity contribution in [1.29, 1.82) is 0 Å². The van der Waals surface area contributed by atoms with Crippen LogP contribution in [0.1, 0.15) is 0 Å². The van der Waals surface area contributed by atoms with Gasteiger partial charge < -0.3 is 30.6 Å². The number of rotatable bonds is 0. The van der Waals surface area contributed by atoms with E-state index in [1.807, 2.05) is 0 Å². The normalized spacial score (nSPS) is 51.2. The largest absolute Gasteiger partial charge is 0.387 e. The van der Waals surface area contributed by atoms with E-state index in [0.29, 0.717) is 0 Å². The Hall–Kier alpha value is -0.175. The van der Waals surface area contributed by atoms with Gasteiger partial charge in [-0.1, -0.05) is 0 Å². The summed E-state index contributed by atoms with van der Waals surface area (Å²) in [5, 5.41) is 53.8. The second-order valence-corrected chi connectivity index (χ2v) is 2.94. The molecule has 0 aromatic heterocycles. The Morgan fingerprint density at radius 3 is 0.538 bits per heavy atom. The molecule has 7 heteroatoms. The predicted molar refractivity (Wildman–Crippen MR) is 41.8 cm³/mol. The Labute approximate surface area is 76.6 Å². The van der Waals surface area contributed by atoms with E-state index >= 15 is 0 Å². The van der Waals surface area contributed by atoms with E-state index < -0.39 is 36.6 Å². The minimum Gasteiger partial charge on any atom is -0.387 e. The quantitative estimate of drug-likeness (QED) is 0.216. The summed E-state index contributed by atoms with van der Waals surface area (Å²) in [4.78, 5) is 0. The molecule has 1 fully saturated rings. The van der Waals surface area contributed by atoms with Gasteiger partial charge in [0.25, 0.3) is 0 Å². The molecule has 0 heterocycles. The Bertz CT molecular complexity index is 109. The van der Waals surface area contributed by atoms with E-state index in [2.05, 4.69) is 0 Å². The lowest BCUT2D eigenvalue weighted by Gasteiger charge is -2.39. The van der Waals surface area contributed by atoms with E-state index in [9.17, 15) is 0 Å². The van der Waals surface area contributed by atoms with Crippen LogP contribution in [0.15, 0.2) is 0 Å². The van der Waals surface area contributed by atoms with Crippen molar-refractivity contribution in [1.82, 2.24) is 0 Å². The highest BCUT2D eigenvalue weighted by Crippen LogP contribution is 2.20. The van der Waals surface area contributed by atoms with E-state index in [1.54, 1.807) is 0 Å². The predicted octanol–water partition coefficient (Wildman–Crippen LogP) is -4.22. The number of aliphatic hydroxyl groups excluding tert-OH is 6. The van der Waals surface area contributed by atoms with Crippen LogP contribution in [-0.2, 0) is 0 Å². The molecule has 0 amide bonds. The summed E-state index contributed by atoms with van der Waals surface area (Å²) in [7, 11) is 0. The molecule has 1 aliphatic carbocycles. The summed E-state index contributed by atoms with van der Waals surface area (Å²) in [6.07, 6.45) is -9.84. The first kappa shape index (κ1) is 12.8. The monoisotopic (exact) mass is 191 g/mol. The summed E-state index contributed by atoms with van der Waals surface area (Å²) < 4.78 is 0. The molecule has 75 valence electrons. The Kier molecular flexibility index (Phi) is 4.30. The third-order valence-electron chi connectivity index (χ3n) is 2.10. The van der Waals surface area contributed by atoms with Gasteiger partial charge >= 0.3 is 0 Å². The van der Waals surface area contributed by atoms with Crippen molar-refractivity contribution in [2.45, 2.75) is 36.6 Å². The Morgan fingerprint density at radius 1 is 0.385 bits per heavy atom. The van der Waals surface area contributed by atoms with Gasteiger partial charge in [-0.2, -0.15) is 0 Å². The zero-order chi connectivity index (χ0) is 9.46. The third kappa shape index (κ3) is 2.01. The summed E-state index contributed by atoms with van der Waals surface area (Å²) in [6, 6.07) is 0. The van der Waals surface area contributed by atoms with Gasteiger partial charge in [0, 0.05) is 8.41 Å². The lowest BCUT2D eigenvalue weighted by molar-refractivity contribution is -0.223. The van der Waals surface area contributed by atoms with Gasteiger partial charge in [-0.25, -0.2) is 0 Å². The lowest BCUT2D eigenvalue weighted by atomic mass is 9.85. The van der Waals surface area contributed by atoms with Gasteiger partial charge in [0.1, 0.15) is 36.6 Å². The zero-order valence-electron chi connectivity index (χ0n) is 6.72. The molecule has 0 spiro atoms. The van der Waals surface area contributed by atoms with Crippen LogP contribution in [0, 0.1) is 0 Å². The van der Waals surface area contributed by atoms with Crippen LogP contribution >= 0.6 is 0 Å². The Morgan fingerprint density at radius 2 is 0.462 bits per heavy atom. The molecule has 6 N–H and O–H groups in total. The maximum absolute atomic E-state index is 8.97. The summed E-state index contributed by atoms with van der Waals surface area (Å²) in [5.74, 6) is 0. The van der Waals surface area contributed by atoms with E-state index in [4.69, 9.17) is 30.6 Å². The van der Waals surface area contributed by atoms with Crippen LogP contribution in [-0.4, -0.2) is 75.7 Å². The first-order valence-electron chi connectivity index (χ1n) is 3.55. The smallest absolute Gasteiger partial charge is 0.111 e. The maximum atomic E-state index is 8.97. The minimum absolute atomic E-state index is 0. The van der Waals surface area contributed by atoms with E-state index in [-0.39, 0.29) is 8.41 Å². The molecule has 0 atom stereocenters. The molecular weight excluding hydrogens is 179 g/mol. The van der Waals surface area contributed by atoms with Crippen LogP contribution in [0.3, 0.4) is 0 Å². The SMILES string of the molecule is OC1C(O)C(O)C(O)C(O)C1O.[B]. The van der Waals surface area contributed by atoms with Crippen molar-refractivity contribution in [3.63, 3.8) is 0 Å². The molecule has 0 aromatic carbocycles. The highest BCUT2D eigenvalue weighted by molar-refractivity contribution is 5.75. The van der Waals surface area contributed by atoms with Crippen LogP contribution in [0.4, 0.5) is 0 Å². The molecule has 1 rings (SSSR count). The molecule has 0 unspecified atom stereocenters. The fourth-order valence-corrected chi connectivity index (χ4v) is 1.21. The van der Waals surface area contributed by atoms with Crippen LogP contribution < -0.4 is 0 Å². The van der Waals surface area contributed by atoms with Crippen molar-refractivity contribution < 1.29 is 30.6 Å². The van der Waals surface area contributed by atoms with Crippen molar-refractivity contribution in [3.8, 4) is 0 Å². The highest BCUT2D eigenvalue weighted by Gasteiger charge is 2.47. The van der Waals surface area contributed by atoms with Gasteiger partial charge in [0.05, 0.1) is 0 Å². The van der Waals surface area contributed by atoms with Crippen LogP contribution in [0.25, 0.3) is 0 Å². The second-order valence-electron chi connectivity index (χ2n) is 2.94. The van der Waals surface area contributed by atoms with E-state index in [1.165, 1.54) is 0 Å². The average Bonchev–Trinajstić information content (AvgIpc) is 2.08. The number of aliphatic hydroxyl groups is 6. The molecule has 1 saturated carbocycles. The molecule has 13 heavy (non-hydrogen) atoms. The highest BCUT2D eigenvalue weighted by atomic mass is 16.4. The van der Waals surface area contributed by atoms with E-state index in [0.717, 1.165) is 0 Å². The lowest BCUT2D eigenvalue weighted by Crippen LogP contribution is -2.63. The molecule has 0 bridgehead atoms. The van der Waals surface area contributed by atoms with Gasteiger partial charge in [0.15, 0.2) is 0 Å². The molecular formula is C6H12BO6. The summed E-state index contributed by atoms with van der Waals surface area (Å²) >= 11 is 0. The summed E-state index contributed by atoms with van der Waals surface area (Å²) in [5.41, 5.74) is 0. The second kappa shape index (κ2) is 4.36. The first-order valence-corrected chi connectivity index (χ1v) is 3.55. The molecule has 0 saturated heterocycles. The standard InChI is InChI=1S/C6H12O6.B/c7-1-2(8)4(10)6(12)5(11)3(1)9;/h1-12H;. The zero-order valence-corrected chi connectivity index (χ0v) is 6.72. The van der Waals surface area contributed by atoms with Crippen LogP contribution in [0.2, 0.25) is 0 Å². The fourth-order valence-electron chi connectivity index (χ4n) is 1.21. The Balaban J connectivity index is 0.00000144. The maximum Gasteiger partial charge on any atom is 0.111 e. The minimum atomic E-state index is -1.64. The average molecular weight is 191 g/mol. The third-order valence-corrected chi connectivity index (χ3v) is 2.10. The molecule has 0 aliphatic heterocycles. The fraction of sp³-hybridized carbons (Fsp3) is 1.00. The van der Waals surface area contributed by atoms with Gasteiger partial charge in [-0.05, 0) is 0 Å². The first-order chi connectivity index (χ1) is 5.46. The molecule has 1 aliphatic rings. The molecule has 3 radical (unpaired) electrons. The topological polar surface area (TPSA) is 121 Å². The number of hydrogen-bond acceptors (Lipinski definition) is 6. The molecule has 6 nitrogen and oxygen atoms in total. The summed E-state index contributed by atoms with van der Waals surface area (Å²) in [6.45, 7) is 0. The molecule has 0 aromatic rings. The van der Waals surface area contributed by atoms with Crippen molar-refractivity contribution in [2.24, 2.45) is 0 Å². The van der Waals surface area contributed by atoms with Crippen molar-refractivity contribution in [3.05, 3.63) is 0 Å². The van der Waals surface area contributed by atoms with Gasteiger partial charge in [0.2, 0.25) is 0 Å². The van der Waals surface area contributed by atoms with Gasteiger partial charge in [-0.3, -0.25) is 0 Å². The number of hydrogen-bond donors (Lipinski definition) is 6. The van der Waals surface area contributed by atoms with Crippen LogP contribution in [0.5, 0.6) is 0 Å². The van der Waals surface area contributed by atoms with Gasteiger partial charge in [-0.15, -0.1) is 0 Å².